The maximum Gasteiger partial charge on any atom is 0.262 e. The molecule has 10 rings (SSSR count). The van der Waals surface area contributed by atoms with Crippen molar-refractivity contribution < 1.29 is 4.79 Å². The van der Waals surface area contributed by atoms with Gasteiger partial charge in [0, 0.05) is 50.0 Å². The minimum atomic E-state index is -0.530. The zero-order valence-electron chi connectivity index (χ0n) is 42.6. The van der Waals surface area contributed by atoms with Gasteiger partial charge in [0.15, 0.2) is 0 Å². The average molecular weight is 966 g/mol. The van der Waals surface area contributed by atoms with Crippen LogP contribution in [0, 0.1) is 0 Å². The van der Waals surface area contributed by atoms with Crippen LogP contribution in [0.5, 0.6) is 0 Å². The summed E-state index contributed by atoms with van der Waals surface area (Å²) in [4.78, 5) is 103. The Morgan fingerprint density at radius 3 is 1.07 bits per heavy atom. The molecule has 3 heterocycles. The number of benzene rings is 7. The van der Waals surface area contributed by atoms with Gasteiger partial charge < -0.3 is 0 Å². The van der Waals surface area contributed by atoms with Crippen molar-refractivity contribution in [1.29, 1.82) is 0 Å². The summed E-state index contributed by atoms with van der Waals surface area (Å²) in [5.74, 6) is 0. The number of fused-ring (bicyclic) bond motifs is 4. The van der Waals surface area contributed by atoms with Crippen LogP contribution in [0.1, 0.15) is 184 Å². The van der Waals surface area contributed by atoms with E-state index in [0.717, 1.165) is 120 Å². The van der Waals surface area contributed by atoms with E-state index in [9.17, 15) is 4.79 Å². The van der Waals surface area contributed by atoms with Crippen LogP contribution >= 0.6 is 0 Å². The number of unbranched alkanes of at least 4 members (excludes halogenated alkanes) is 12. The third-order valence-corrected chi connectivity index (χ3v) is 16.4. The van der Waals surface area contributed by atoms with Crippen molar-refractivity contribution in [2.24, 2.45) is 0 Å². The van der Waals surface area contributed by atoms with Crippen LogP contribution in [0.3, 0.4) is 0 Å². The molecule has 0 atom stereocenters. The molecule has 0 saturated heterocycles. The molecule has 10 heteroatoms. The van der Waals surface area contributed by atoms with Gasteiger partial charge in [-0.25, -0.2) is 0 Å². The SMILES string of the molecule is CCCCCCC(CCCCCC)n1c(=O)c2ccc3c4ccc5c(=O)n(C(CCCCCC)CCCCCC)c(=O)c6cc7c8c(=O)n(Cc9ccc(C=O)cc9)c(=O)c8c8cc(c1=O)c2c3c8c7c4c56. The third kappa shape index (κ3) is 8.04. The Balaban J connectivity index is 1.32. The molecule has 10 nitrogen and oxygen atoms in total. The molecule has 0 aliphatic heterocycles. The van der Waals surface area contributed by atoms with Crippen molar-refractivity contribution >= 4 is 92.5 Å². The lowest BCUT2D eigenvalue weighted by Gasteiger charge is -2.24. The van der Waals surface area contributed by atoms with Crippen molar-refractivity contribution in [2.75, 3.05) is 0 Å². The van der Waals surface area contributed by atoms with Crippen molar-refractivity contribution in [3.05, 3.63) is 134 Å². The second-order valence-corrected chi connectivity index (χ2v) is 21.0. The summed E-state index contributed by atoms with van der Waals surface area (Å²) >= 11 is 0. The predicted molar refractivity (Wildman–Crippen MR) is 298 cm³/mol. The molecule has 3 aromatic heterocycles. The first-order valence-corrected chi connectivity index (χ1v) is 27.3. The number of rotatable bonds is 25. The molecule has 0 spiro atoms. The number of nitrogens with zero attached hydrogens (tertiary/aromatic N) is 3. The van der Waals surface area contributed by atoms with Gasteiger partial charge >= 0.3 is 0 Å². The van der Waals surface area contributed by atoms with Gasteiger partial charge in [-0.2, -0.15) is 0 Å². The van der Waals surface area contributed by atoms with Crippen LogP contribution in [0.15, 0.2) is 89.4 Å². The fourth-order valence-corrected chi connectivity index (χ4v) is 12.7. The topological polar surface area (TPSA) is 134 Å². The first-order valence-electron chi connectivity index (χ1n) is 27.3. The van der Waals surface area contributed by atoms with Gasteiger partial charge in [0.05, 0.1) is 17.3 Å². The van der Waals surface area contributed by atoms with E-state index in [1.165, 1.54) is 13.7 Å². The van der Waals surface area contributed by atoms with Gasteiger partial charge in [0.2, 0.25) is 0 Å². The van der Waals surface area contributed by atoms with Crippen LogP contribution in [0.2, 0.25) is 0 Å². The van der Waals surface area contributed by atoms with E-state index in [1.54, 1.807) is 36.4 Å². The molecule has 0 N–H and O–H groups in total. The Morgan fingerprint density at radius 1 is 0.361 bits per heavy atom. The van der Waals surface area contributed by atoms with Crippen LogP contribution < -0.4 is 33.4 Å². The molecule has 0 unspecified atom stereocenters. The van der Waals surface area contributed by atoms with Crippen LogP contribution in [-0.2, 0) is 6.54 Å². The highest BCUT2D eigenvalue weighted by Crippen LogP contribution is 2.50. The van der Waals surface area contributed by atoms with Crippen LogP contribution in [0.25, 0.3) is 86.2 Å². The molecule has 0 saturated carbocycles. The maximum atomic E-state index is 15.4. The molecule has 72 heavy (non-hydrogen) atoms. The first-order chi connectivity index (χ1) is 35.1. The number of pyridine rings is 2. The van der Waals surface area contributed by atoms with Crippen molar-refractivity contribution in [3.8, 4) is 0 Å². The van der Waals surface area contributed by atoms with E-state index in [4.69, 9.17) is 0 Å². The highest BCUT2D eigenvalue weighted by Gasteiger charge is 2.31. The molecule has 10 aromatic rings. The summed E-state index contributed by atoms with van der Waals surface area (Å²) in [5.41, 5.74) is -1.39. The standard InChI is InChI=1S/C62H67N3O7/c1-5-9-13-17-21-39(22-18-14-10-6-2)64-57(67)43-31-29-41-42-30-32-44-50-48(60(70)65(58(44)68)40(23-19-15-11-7-3)24-20-16-12-8-4)34-46-54(52(42)50)53-45(33-47(59(64)69)49(43)51(41)53)55-56(46)62(72)63(61(55)71)35-37-25-27-38(36-66)28-26-37/h25-34,36,39-40H,5-24,35H2,1-4H3. The van der Waals surface area contributed by atoms with Crippen LogP contribution in [-0.4, -0.2) is 20.0 Å². The summed E-state index contributed by atoms with van der Waals surface area (Å²) < 4.78 is 4.21. The average Bonchev–Trinajstić information content (AvgIpc) is 3.64. The fourth-order valence-electron chi connectivity index (χ4n) is 12.7. The molecule has 372 valence electrons. The number of carbonyl (C=O) groups is 1. The summed E-state index contributed by atoms with van der Waals surface area (Å²) in [6.45, 7) is 8.59. The molecule has 0 fully saturated rings. The smallest absolute Gasteiger partial charge is 0.262 e. The normalized spacial score (nSPS) is 12.6. The van der Waals surface area contributed by atoms with Crippen molar-refractivity contribution in [3.63, 3.8) is 0 Å². The number of carbonyl (C=O) groups excluding carboxylic acids is 1. The number of hydrogen-bond acceptors (Lipinski definition) is 7. The van der Waals surface area contributed by atoms with Gasteiger partial charge in [-0.1, -0.05) is 167 Å². The Bertz CT molecular complexity index is 3710. The summed E-state index contributed by atoms with van der Waals surface area (Å²) in [7, 11) is 0. The van der Waals surface area contributed by atoms with Crippen molar-refractivity contribution in [2.45, 2.75) is 175 Å². The Hall–Kier alpha value is -6.55. The molecular formula is C62H67N3O7. The van der Waals surface area contributed by atoms with Gasteiger partial charge in [0.25, 0.3) is 33.4 Å². The molecule has 7 aromatic carbocycles. The van der Waals surface area contributed by atoms with Gasteiger partial charge in [-0.3, -0.25) is 47.3 Å². The Labute approximate surface area is 418 Å². The predicted octanol–water partition coefficient (Wildman–Crippen LogP) is 13.5. The van der Waals surface area contributed by atoms with Gasteiger partial charge in [0.1, 0.15) is 6.29 Å². The highest BCUT2D eigenvalue weighted by atomic mass is 16.2. The molecule has 0 aliphatic carbocycles. The number of aromatic nitrogens is 3. The summed E-state index contributed by atoms with van der Waals surface area (Å²) in [5, 5.41) is 7.76. The lowest BCUT2D eigenvalue weighted by molar-refractivity contribution is 0.112. The summed E-state index contributed by atoms with van der Waals surface area (Å²) in [6.07, 6.45) is 19.7. The lowest BCUT2D eigenvalue weighted by Crippen LogP contribution is -2.37. The molecule has 0 radical (unpaired) electrons. The van der Waals surface area contributed by atoms with Gasteiger partial charge in [-0.15, -0.1) is 0 Å². The van der Waals surface area contributed by atoms with E-state index in [-0.39, 0.29) is 40.5 Å². The minimum Gasteiger partial charge on any atom is -0.298 e. The Morgan fingerprint density at radius 2 is 0.708 bits per heavy atom. The maximum absolute atomic E-state index is 15.4. The van der Waals surface area contributed by atoms with E-state index in [0.29, 0.717) is 101 Å². The van der Waals surface area contributed by atoms with Crippen LogP contribution in [0.4, 0.5) is 0 Å². The molecular weight excluding hydrogens is 899 g/mol. The summed E-state index contributed by atoms with van der Waals surface area (Å²) in [6, 6.07) is 17.2. The number of aldehydes is 1. The lowest BCUT2D eigenvalue weighted by atomic mass is 9.81. The monoisotopic (exact) mass is 965 g/mol. The zero-order valence-corrected chi connectivity index (χ0v) is 42.6. The van der Waals surface area contributed by atoms with E-state index in [2.05, 4.69) is 27.7 Å². The second kappa shape index (κ2) is 20.5. The van der Waals surface area contributed by atoms with Gasteiger partial charge in [-0.05, 0) is 98.6 Å². The van der Waals surface area contributed by atoms with E-state index < -0.39 is 22.2 Å². The first kappa shape index (κ1) is 49.0. The molecule has 0 aliphatic rings. The van der Waals surface area contributed by atoms with Crippen molar-refractivity contribution in [1.82, 2.24) is 13.7 Å². The minimum absolute atomic E-state index is 0.0714. The largest absolute Gasteiger partial charge is 0.298 e. The molecule has 0 bridgehead atoms. The Kier molecular flexibility index (Phi) is 14.0. The molecule has 0 amide bonds. The van der Waals surface area contributed by atoms with E-state index >= 15 is 28.8 Å². The third-order valence-electron chi connectivity index (χ3n) is 16.4. The number of hydrogen-bond donors (Lipinski definition) is 0. The highest BCUT2D eigenvalue weighted by molar-refractivity contribution is 6.48. The zero-order chi connectivity index (χ0) is 50.4. The fraction of sp³-hybridized carbons (Fsp3) is 0.435. The van der Waals surface area contributed by atoms with E-state index in [1.807, 2.05) is 24.3 Å². The second-order valence-electron chi connectivity index (χ2n) is 21.0. The quantitative estimate of drug-likeness (QED) is 0.0241.